The summed E-state index contributed by atoms with van der Waals surface area (Å²) in [6.07, 6.45) is 0. The quantitative estimate of drug-likeness (QED) is 0.154. The third-order valence-corrected chi connectivity index (χ3v) is 8.88. The van der Waals surface area contributed by atoms with Crippen LogP contribution in [-0.4, -0.2) is 37.7 Å². The van der Waals surface area contributed by atoms with Gasteiger partial charge in [0.05, 0.1) is 16.8 Å². The first kappa shape index (κ1) is 37.0. The van der Waals surface area contributed by atoms with Crippen molar-refractivity contribution in [3.05, 3.63) is 206 Å². The molecule has 1 aliphatic rings. The molecule has 0 unspecified atom stereocenters. The summed E-state index contributed by atoms with van der Waals surface area (Å²) in [5, 5.41) is 5.04. The first-order valence-corrected chi connectivity index (χ1v) is 17.8. The van der Waals surface area contributed by atoms with E-state index in [9.17, 15) is 19.2 Å². The summed E-state index contributed by atoms with van der Waals surface area (Å²) in [7, 11) is 2.90. The Morgan fingerprint density at radius 2 is 0.737 bits per heavy atom. The van der Waals surface area contributed by atoms with E-state index in [1.165, 1.54) is 32.3 Å². The number of carbonyl (C=O) groups excluding carboxylic acids is 4. The Morgan fingerprint density at radius 3 is 1.07 bits per heavy atom. The smallest absolute Gasteiger partial charge is 0.266 e. The van der Waals surface area contributed by atoms with Crippen LogP contribution in [0.2, 0.25) is 0 Å². The lowest BCUT2D eigenvalue weighted by Crippen LogP contribution is -2.30. The zero-order chi connectivity index (χ0) is 39.7. The molecule has 57 heavy (non-hydrogen) atoms. The van der Waals surface area contributed by atoms with Gasteiger partial charge in [0.25, 0.3) is 23.6 Å². The summed E-state index contributed by atoms with van der Waals surface area (Å²) < 4.78 is 0. The van der Waals surface area contributed by atoms with Crippen LogP contribution in [0.3, 0.4) is 0 Å². The number of rotatable bonds is 3. The lowest BCUT2D eigenvalue weighted by atomic mass is 9.99. The average molecular weight is 738 g/mol. The molecular weight excluding hydrogens is 707 g/mol. The van der Waals surface area contributed by atoms with Crippen LogP contribution in [0.1, 0.15) is 85.9 Å². The molecule has 7 rings (SSSR count). The fraction of sp³-hybridized carbons (Fsp3) is 0.0400. The van der Waals surface area contributed by atoms with E-state index in [1.54, 1.807) is 12.1 Å². The number of benzene rings is 6. The predicted octanol–water partition coefficient (Wildman–Crippen LogP) is 6.81. The molecular formula is C50H31N3O4. The van der Waals surface area contributed by atoms with Crippen LogP contribution >= 0.6 is 0 Å². The largest absolute Gasteiger partial charge is 0.355 e. The van der Waals surface area contributed by atoms with Crippen LogP contribution in [-0.2, 0) is 0 Å². The number of imide groups is 1. The molecule has 6 aromatic carbocycles. The molecule has 0 aromatic heterocycles. The van der Waals surface area contributed by atoms with Gasteiger partial charge in [0, 0.05) is 69.7 Å². The Labute approximate surface area is 330 Å². The molecule has 0 fully saturated rings. The number of amides is 4. The Morgan fingerprint density at radius 1 is 0.421 bits per heavy atom. The molecule has 1 heterocycles. The van der Waals surface area contributed by atoms with Crippen LogP contribution < -0.4 is 15.5 Å². The van der Waals surface area contributed by atoms with E-state index in [-0.39, 0.29) is 27.9 Å². The maximum absolute atomic E-state index is 14.0. The number of hydrogen-bond acceptors (Lipinski definition) is 4. The van der Waals surface area contributed by atoms with Crippen molar-refractivity contribution in [1.29, 1.82) is 0 Å². The first-order chi connectivity index (χ1) is 27.8. The highest BCUT2D eigenvalue weighted by Crippen LogP contribution is 2.32. The molecule has 0 spiro atoms. The number of carbonyl (C=O) groups is 4. The number of nitrogens with one attached hydrogen (secondary N) is 2. The van der Waals surface area contributed by atoms with E-state index < -0.39 is 23.6 Å². The third-order valence-electron chi connectivity index (χ3n) is 8.88. The van der Waals surface area contributed by atoms with Crippen LogP contribution in [0.4, 0.5) is 5.69 Å². The fourth-order valence-electron chi connectivity index (χ4n) is 5.90. The molecule has 6 aromatic rings. The lowest BCUT2D eigenvalue weighted by molar-refractivity contribution is 0.0916. The van der Waals surface area contributed by atoms with Crippen molar-refractivity contribution in [1.82, 2.24) is 10.6 Å². The minimum atomic E-state index is -0.622. The van der Waals surface area contributed by atoms with Crippen LogP contribution in [0, 0.1) is 47.4 Å². The topological polar surface area (TPSA) is 95.6 Å². The second-order valence-corrected chi connectivity index (χ2v) is 12.7. The van der Waals surface area contributed by atoms with Gasteiger partial charge in [-0.15, -0.1) is 0 Å². The summed E-state index contributed by atoms with van der Waals surface area (Å²) >= 11 is 0. The van der Waals surface area contributed by atoms with Gasteiger partial charge in [0.1, 0.15) is 0 Å². The zero-order valence-electron chi connectivity index (χ0n) is 30.9. The first-order valence-electron chi connectivity index (χ1n) is 17.8. The van der Waals surface area contributed by atoms with Crippen molar-refractivity contribution >= 4 is 29.3 Å². The monoisotopic (exact) mass is 737 g/mol. The Hall–Kier alpha value is -8.36. The Bertz CT molecular complexity index is 2640. The van der Waals surface area contributed by atoms with Crippen molar-refractivity contribution in [3.8, 4) is 47.4 Å². The second-order valence-electron chi connectivity index (χ2n) is 12.7. The molecule has 2 N–H and O–H groups in total. The van der Waals surface area contributed by atoms with Crippen molar-refractivity contribution in [2.75, 3.05) is 19.0 Å². The van der Waals surface area contributed by atoms with Gasteiger partial charge in [-0.05, 0) is 103 Å². The summed E-state index contributed by atoms with van der Waals surface area (Å²) in [5.41, 5.74) is 6.32. The lowest BCUT2D eigenvalue weighted by Gasteiger charge is -2.16. The van der Waals surface area contributed by atoms with Gasteiger partial charge in [-0.25, -0.2) is 4.90 Å². The molecule has 0 saturated carbocycles. The van der Waals surface area contributed by atoms with E-state index in [4.69, 9.17) is 0 Å². The average Bonchev–Trinajstić information content (AvgIpc) is 3.51. The highest BCUT2D eigenvalue weighted by atomic mass is 16.2. The molecule has 4 amide bonds. The maximum Gasteiger partial charge on any atom is 0.266 e. The Balaban J connectivity index is 1.25. The number of anilines is 1. The highest BCUT2D eigenvalue weighted by molar-refractivity contribution is 6.35. The molecule has 270 valence electrons. The third kappa shape index (κ3) is 8.56. The molecule has 0 radical (unpaired) electrons. The second kappa shape index (κ2) is 16.8. The van der Waals surface area contributed by atoms with Gasteiger partial charge in [-0.1, -0.05) is 83.8 Å². The van der Waals surface area contributed by atoms with Crippen molar-refractivity contribution in [2.45, 2.75) is 0 Å². The van der Waals surface area contributed by atoms with E-state index in [0.717, 1.165) is 27.2 Å². The van der Waals surface area contributed by atoms with Crippen molar-refractivity contribution < 1.29 is 19.2 Å². The van der Waals surface area contributed by atoms with E-state index in [2.05, 4.69) is 58.0 Å². The van der Waals surface area contributed by atoms with Crippen LogP contribution in [0.15, 0.2) is 140 Å². The summed E-state index contributed by atoms with van der Waals surface area (Å²) in [4.78, 5) is 54.2. The van der Waals surface area contributed by atoms with E-state index in [0.29, 0.717) is 22.3 Å². The summed E-state index contributed by atoms with van der Waals surface area (Å²) in [6, 6.07) is 41.8. The molecule has 0 aliphatic carbocycles. The van der Waals surface area contributed by atoms with E-state index >= 15 is 0 Å². The Kier molecular flexibility index (Phi) is 10.9. The van der Waals surface area contributed by atoms with E-state index in [1.807, 2.05) is 109 Å². The predicted molar refractivity (Wildman–Crippen MR) is 220 cm³/mol. The molecule has 0 saturated heterocycles. The molecule has 0 atom stereocenters. The normalized spacial score (nSPS) is 10.9. The number of hydrogen-bond donors (Lipinski definition) is 2. The standard InChI is InChI=1S/C50H31N3O4/c1-51-47(54)42-29-43(48(55)52-2)31-44(30-42)53-49(56)45-32-40(27-25-38-21-17-36(18-22-38)15-13-34-9-5-3-6-10-34)41(33-46(45)50(53)57)28-26-39-23-19-37(20-24-39)16-14-35-11-7-4-8-12-35/h3-12,17-24,29-33H,1-2H3,(H,51,54)(H,52,55). The van der Waals surface area contributed by atoms with Gasteiger partial charge >= 0.3 is 0 Å². The van der Waals surface area contributed by atoms with Crippen molar-refractivity contribution in [3.63, 3.8) is 0 Å². The summed E-state index contributed by atoms with van der Waals surface area (Å²) in [5.74, 6) is 23.1. The fourth-order valence-corrected chi connectivity index (χ4v) is 5.90. The minimum absolute atomic E-state index is 0.0760. The molecule has 0 bridgehead atoms. The molecule has 1 aliphatic heterocycles. The van der Waals surface area contributed by atoms with Gasteiger partial charge in [0.15, 0.2) is 0 Å². The van der Waals surface area contributed by atoms with Gasteiger partial charge in [-0.3, -0.25) is 19.2 Å². The van der Waals surface area contributed by atoms with Crippen LogP contribution in [0.25, 0.3) is 0 Å². The SMILES string of the molecule is CNC(=O)c1cc(C(=O)NC)cc(N2C(=O)c3cc(C#Cc4ccc(C#Cc5ccccc5)cc4)c(C#Cc4ccc(C#Cc5ccccc5)cc4)cc3C2=O)c1. The number of fused-ring (bicyclic) bond motifs is 1. The maximum atomic E-state index is 14.0. The zero-order valence-corrected chi connectivity index (χ0v) is 30.9. The van der Waals surface area contributed by atoms with Crippen LogP contribution in [0.5, 0.6) is 0 Å². The molecule has 7 nitrogen and oxygen atoms in total. The number of nitrogens with zero attached hydrogens (tertiary/aromatic N) is 1. The molecule has 7 heteroatoms. The van der Waals surface area contributed by atoms with Gasteiger partial charge < -0.3 is 10.6 Å². The van der Waals surface area contributed by atoms with Gasteiger partial charge in [0.2, 0.25) is 0 Å². The highest BCUT2D eigenvalue weighted by Gasteiger charge is 2.38. The van der Waals surface area contributed by atoms with Crippen molar-refractivity contribution in [2.24, 2.45) is 0 Å². The minimum Gasteiger partial charge on any atom is -0.355 e. The summed E-state index contributed by atoms with van der Waals surface area (Å²) in [6.45, 7) is 0. The van der Waals surface area contributed by atoms with Gasteiger partial charge in [-0.2, -0.15) is 0 Å².